The molecule has 2 atom stereocenters. The van der Waals surface area contributed by atoms with Gasteiger partial charge in [-0.25, -0.2) is 8.78 Å². The van der Waals surface area contributed by atoms with Crippen LogP contribution in [-0.4, -0.2) is 19.0 Å². The topological polar surface area (TPSA) is 9.23 Å². The summed E-state index contributed by atoms with van der Waals surface area (Å²) < 4.78 is 28.3. The summed E-state index contributed by atoms with van der Waals surface area (Å²) in [4.78, 5) is 0. The first-order valence-electron chi connectivity index (χ1n) is 2.68. The molecule has 54 valence electrons. The van der Waals surface area contributed by atoms with Crippen LogP contribution in [0.5, 0.6) is 0 Å². The molecule has 0 aromatic carbocycles. The molecular weight excluding hydrogens is 126 g/mol. The smallest absolute Gasteiger partial charge is 0.157 e. The van der Waals surface area contributed by atoms with Crippen molar-refractivity contribution < 1.29 is 13.5 Å². The van der Waals surface area contributed by atoms with E-state index in [1.54, 1.807) is 0 Å². The van der Waals surface area contributed by atoms with Gasteiger partial charge in [0.15, 0.2) is 6.10 Å². The van der Waals surface area contributed by atoms with Gasteiger partial charge in [-0.2, -0.15) is 0 Å². The van der Waals surface area contributed by atoms with E-state index in [1.165, 1.54) is 6.92 Å². The number of hydrogen-bond acceptors (Lipinski definition) is 1. The molecule has 0 aliphatic carbocycles. The van der Waals surface area contributed by atoms with Crippen molar-refractivity contribution in [1.82, 2.24) is 0 Å². The summed E-state index contributed by atoms with van der Waals surface area (Å²) in [6.45, 7) is 3.60. The number of hydrogen-bond donors (Lipinski definition) is 0. The number of halogens is 2. The van der Waals surface area contributed by atoms with Gasteiger partial charge in [-0.15, -0.1) is 0 Å². The molecular formula is C6H10F2O. The molecule has 0 aromatic rings. The standard InChI is InChI=1S/C6H10F2O/c1-3-9-6(4-7)5(2)8/h3,5-6H,1,4H2,2H3. The highest BCUT2D eigenvalue weighted by atomic mass is 19.1. The molecule has 0 aliphatic rings. The quantitative estimate of drug-likeness (QED) is 0.536. The Bertz CT molecular complexity index is 83.1. The molecule has 0 rings (SSSR count). The SMILES string of the molecule is C=COC(CF)C(C)F. The molecule has 0 amide bonds. The third-order valence-corrected chi connectivity index (χ3v) is 0.935. The molecule has 3 heteroatoms. The minimum Gasteiger partial charge on any atom is -0.493 e. The van der Waals surface area contributed by atoms with E-state index in [4.69, 9.17) is 0 Å². The maximum Gasteiger partial charge on any atom is 0.157 e. The van der Waals surface area contributed by atoms with Crippen molar-refractivity contribution in [2.45, 2.75) is 19.2 Å². The van der Waals surface area contributed by atoms with Gasteiger partial charge >= 0.3 is 0 Å². The molecule has 0 heterocycles. The zero-order valence-corrected chi connectivity index (χ0v) is 5.31. The van der Waals surface area contributed by atoms with Crippen molar-refractivity contribution in [2.75, 3.05) is 6.67 Å². The lowest BCUT2D eigenvalue weighted by Crippen LogP contribution is -2.22. The van der Waals surface area contributed by atoms with Gasteiger partial charge in [0, 0.05) is 0 Å². The normalized spacial score (nSPS) is 16.3. The fourth-order valence-electron chi connectivity index (χ4n) is 0.391. The van der Waals surface area contributed by atoms with Crippen LogP contribution in [0.3, 0.4) is 0 Å². The summed E-state index contributed by atoms with van der Waals surface area (Å²) in [6, 6.07) is 0. The minimum absolute atomic E-state index is 0.816. The summed E-state index contributed by atoms with van der Waals surface area (Å²) >= 11 is 0. The Kier molecular flexibility index (Phi) is 4.01. The van der Waals surface area contributed by atoms with Crippen molar-refractivity contribution >= 4 is 0 Å². The van der Waals surface area contributed by atoms with E-state index >= 15 is 0 Å². The predicted molar refractivity (Wildman–Crippen MR) is 31.6 cm³/mol. The van der Waals surface area contributed by atoms with Crippen LogP contribution < -0.4 is 0 Å². The number of rotatable bonds is 4. The van der Waals surface area contributed by atoms with E-state index in [2.05, 4.69) is 11.3 Å². The monoisotopic (exact) mass is 136 g/mol. The van der Waals surface area contributed by atoms with E-state index in [-0.39, 0.29) is 0 Å². The van der Waals surface area contributed by atoms with Gasteiger partial charge in [0.1, 0.15) is 12.8 Å². The minimum atomic E-state index is -1.28. The van der Waals surface area contributed by atoms with Crippen molar-refractivity contribution in [3.8, 4) is 0 Å². The van der Waals surface area contributed by atoms with Gasteiger partial charge in [0.05, 0.1) is 6.26 Å². The Morgan fingerprint density at radius 1 is 1.78 bits per heavy atom. The zero-order chi connectivity index (χ0) is 7.28. The van der Waals surface area contributed by atoms with Gasteiger partial charge in [0.2, 0.25) is 0 Å². The molecule has 0 N–H and O–H groups in total. The predicted octanol–water partition coefficient (Wildman–Crippen LogP) is 1.84. The number of ether oxygens (including phenoxy) is 1. The molecule has 2 unspecified atom stereocenters. The lowest BCUT2D eigenvalue weighted by atomic mass is 10.3. The molecule has 0 aromatic heterocycles. The number of alkyl halides is 2. The van der Waals surface area contributed by atoms with Gasteiger partial charge in [0.25, 0.3) is 0 Å². The van der Waals surface area contributed by atoms with E-state index in [9.17, 15) is 8.78 Å². The molecule has 0 fully saturated rings. The molecule has 9 heavy (non-hydrogen) atoms. The highest BCUT2D eigenvalue weighted by Gasteiger charge is 2.15. The van der Waals surface area contributed by atoms with Gasteiger partial charge < -0.3 is 4.74 Å². The first-order chi connectivity index (χ1) is 4.22. The molecule has 0 saturated carbocycles. The molecule has 0 saturated heterocycles. The van der Waals surface area contributed by atoms with E-state index < -0.39 is 19.0 Å². The first-order valence-corrected chi connectivity index (χ1v) is 2.68. The van der Waals surface area contributed by atoms with Crippen molar-refractivity contribution in [3.05, 3.63) is 12.8 Å². The van der Waals surface area contributed by atoms with E-state index in [0.29, 0.717) is 0 Å². The first kappa shape index (κ1) is 8.40. The third kappa shape index (κ3) is 3.06. The largest absolute Gasteiger partial charge is 0.493 e. The van der Waals surface area contributed by atoms with Gasteiger partial charge in [-0.05, 0) is 6.92 Å². The lowest BCUT2D eigenvalue weighted by Gasteiger charge is -2.12. The van der Waals surface area contributed by atoms with Crippen LogP contribution in [-0.2, 0) is 4.74 Å². The third-order valence-electron chi connectivity index (χ3n) is 0.935. The van der Waals surface area contributed by atoms with E-state index in [0.717, 1.165) is 6.26 Å². The zero-order valence-electron chi connectivity index (χ0n) is 5.31. The average molecular weight is 136 g/mol. The average Bonchev–Trinajstić information content (AvgIpc) is 1.82. The fourth-order valence-corrected chi connectivity index (χ4v) is 0.391. The molecule has 0 spiro atoms. The second-order valence-corrected chi connectivity index (χ2v) is 1.67. The van der Waals surface area contributed by atoms with Gasteiger partial charge in [-0.1, -0.05) is 6.58 Å². The summed E-state index contributed by atoms with van der Waals surface area (Å²) in [6.07, 6.45) is -1.23. The van der Waals surface area contributed by atoms with Crippen LogP contribution in [0.1, 0.15) is 6.92 Å². The molecule has 1 nitrogen and oxygen atoms in total. The van der Waals surface area contributed by atoms with Crippen LogP contribution in [0.25, 0.3) is 0 Å². The maximum absolute atomic E-state index is 12.1. The van der Waals surface area contributed by atoms with Gasteiger partial charge in [-0.3, -0.25) is 0 Å². The maximum atomic E-state index is 12.1. The van der Waals surface area contributed by atoms with Crippen LogP contribution >= 0.6 is 0 Å². The fraction of sp³-hybridized carbons (Fsp3) is 0.667. The Morgan fingerprint density at radius 3 is 2.44 bits per heavy atom. The second-order valence-electron chi connectivity index (χ2n) is 1.67. The van der Waals surface area contributed by atoms with Crippen LogP contribution in [0.2, 0.25) is 0 Å². The van der Waals surface area contributed by atoms with Crippen LogP contribution in [0, 0.1) is 0 Å². The van der Waals surface area contributed by atoms with Crippen LogP contribution in [0.4, 0.5) is 8.78 Å². The highest BCUT2D eigenvalue weighted by molar-refractivity contribution is 4.66. The van der Waals surface area contributed by atoms with Crippen LogP contribution in [0.15, 0.2) is 12.8 Å². The Balaban J connectivity index is 3.53. The summed E-state index contributed by atoms with van der Waals surface area (Å²) in [5.41, 5.74) is 0. The second kappa shape index (κ2) is 4.30. The Labute approximate surface area is 53.3 Å². The Hall–Kier alpha value is -0.600. The molecule has 0 bridgehead atoms. The molecule has 0 radical (unpaired) electrons. The summed E-state index contributed by atoms with van der Waals surface area (Å²) in [5.74, 6) is 0. The highest BCUT2D eigenvalue weighted by Crippen LogP contribution is 2.03. The lowest BCUT2D eigenvalue weighted by molar-refractivity contribution is 0.0500. The summed E-state index contributed by atoms with van der Waals surface area (Å²) in [5, 5.41) is 0. The molecule has 0 aliphatic heterocycles. The summed E-state index contributed by atoms with van der Waals surface area (Å²) in [7, 11) is 0. The van der Waals surface area contributed by atoms with Crippen molar-refractivity contribution in [3.63, 3.8) is 0 Å². The van der Waals surface area contributed by atoms with E-state index in [1.807, 2.05) is 0 Å². The van der Waals surface area contributed by atoms with Crippen molar-refractivity contribution in [1.29, 1.82) is 0 Å². The Morgan fingerprint density at radius 2 is 2.33 bits per heavy atom. The van der Waals surface area contributed by atoms with Crippen molar-refractivity contribution in [2.24, 2.45) is 0 Å².